The number of carboxylic acids is 1. The van der Waals surface area contributed by atoms with Crippen LogP contribution < -0.4 is 0 Å². The Hall–Kier alpha value is -0.940. The number of benzene rings is 1. The summed E-state index contributed by atoms with van der Waals surface area (Å²) in [7, 11) is 0. The van der Waals surface area contributed by atoms with Crippen molar-refractivity contribution >= 4 is 43.5 Å². The van der Waals surface area contributed by atoms with Crippen molar-refractivity contribution in [3.05, 3.63) is 27.7 Å². The number of hydrogen-bond donors (Lipinski definition) is 1. The van der Waals surface area contributed by atoms with Crippen LogP contribution in [0.4, 0.5) is 0 Å². The molecule has 2 rings (SSSR count). The lowest BCUT2D eigenvalue weighted by Crippen LogP contribution is -1.94. The topological polar surface area (TPSA) is 50.2 Å². The van der Waals surface area contributed by atoms with Gasteiger partial charge in [-0.3, -0.25) is 0 Å². The second-order valence-corrected chi connectivity index (χ2v) is 4.76. The fraction of sp³-hybridized carbons (Fsp3) is 0. The summed E-state index contributed by atoms with van der Waals surface area (Å²) in [5, 5.41) is 8.71. The Morgan fingerprint density at radius 2 is 2.31 bits per heavy atom. The average Bonchev–Trinajstić information content (AvgIpc) is 2.42. The number of carboxylic acid groups (broad SMARTS) is 1. The molecule has 0 atom stereocenters. The molecule has 0 aliphatic heterocycles. The first kappa shape index (κ1) is 8.65. The molecule has 0 fully saturated rings. The second kappa shape index (κ2) is 3.08. The van der Waals surface area contributed by atoms with E-state index in [2.05, 4.69) is 20.9 Å². The number of rotatable bonds is 1. The molecule has 0 saturated heterocycles. The van der Waals surface area contributed by atoms with Crippen molar-refractivity contribution in [3.8, 4) is 0 Å². The summed E-state index contributed by atoms with van der Waals surface area (Å²) in [6.07, 6.45) is 0. The maximum atomic E-state index is 10.6. The molecule has 0 amide bonds. The highest BCUT2D eigenvalue weighted by atomic mass is 79.9. The van der Waals surface area contributed by atoms with E-state index in [1.54, 1.807) is 18.2 Å². The minimum absolute atomic E-state index is 0.269. The van der Waals surface area contributed by atoms with Crippen molar-refractivity contribution in [2.24, 2.45) is 0 Å². The maximum absolute atomic E-state index is 10.6. The number of aromatic carboxylic acids is 1. The molecule has 0 unspecified atom stereocenters. The monoisotopic (exact) mass is 257 g/mol. The molecule has 0 bridgehead atoms. The summed E-state index contributed by atoms with van der Waals surface area (Å²) in [6.45, 7) is 0. The largest absolute Gasteiger partial charge is 0.478 e. The van der Waals surface area contributed by atoms with E-state index in [0.717, 1.165) is 14.1 Å². The third-order valence-electron chi connectivity index (χ3n) is 1.61. The average molecular weight is 258 g/mol. The van der Waals surface area contributed by atoms with E-state index in [-0.39, 0.29) is 5.56 Å². The minimum Gasteiger partial charge on any atom is -0.478 e. The van der Waals surface area contributed by atoms with Crippen LogP contribution in [0.3, 0.4) is 0 Å². The SMILES string of the molecule is O=C(O)c1ccc2sc(Br)nc2c1. The molecular weight excluding hydrogens is 254 g/mol. The lowest BCUT2D eigenvalue weighted by Gasteiger charge is -1.91. The summed E-state index contributed by atoms with van der Waals surface area (Å²) in [6, 6.07) is 4.91. The van der Waals surface area contributed by atoms with Crippen molar-refractivity contribution in [3.63, 3.8) is 0 Å². The molecule has 3 nitrogen and oxygen atoms in total. The molecule has 0 radical (unpaired) electrons. The van der Waals surface area contributed by atoms with Gasteiger partial charge in [0, 0.05) is 0 Å². The van der Waals surface area contributed by atoms with Crippen LogP contribution in [0.25, 0.3) is 10.2 Å². The third kappa shape index (κ3) is 1.57. The van der Waals surface area contributed by atoms with Gasteiger partial charge in [-0.15, -0.1) is 11.3 Å². The van der Waals surface area contributed by atoms with Crippen LogP contribution >= 0.6 is 27.3 Å². The first-order valence-electron chi connectivity index (χ1n) is 3.46. The Balaban J connectivity index is 2.67. The summed E-state index contributed by atoms with van der Waals surface area (Å²) in [4.78, 5) is 14.7. The van der Waals surface area contributed by atoms with Crippen LogP contribution in [0, 0.1) is 0 Å². The van der Waals surface area contributed by atoms with Crippen molar-refractivity contribution in [1.29, 1.82) is 0 Å². The van der Waals surface area contributed by atoms with Gasteiger partial charge in [0.1, 0.15) is 0 Å². The molecular formula is C8H4BrNO2S. The van der Waals surface area contributed by atoms with Crippen LogP contribution in [0.1, 0.15) is 10.4 Å². The van der Waals surface area contributed by atoms with Crippen LogP contribution in [-0.2, 0) is 0 Å². The summed E-state index contributed by atoms with van der Waals surface area (Å²) < 4.78 is 1.75. The van der Waals surface area contributed by atoms with E-state index in [4.69, 9.17) is 5.11 Å². The lowest BCUT2D eigenvalue weighted by molar-refractivity contribution is 0.0697. The van der Waals surface area contributed by atoms with E-state index in [1.165, 1.54) is 11.3 Å². The smallest absolute Gasteiger partial charge is 0.335 e. The molecule has 2 aromatic rings. The number of carbonyl (C=O) groups is 1. The fourth-order valence-corrected chi connectivity index (χ4v) is 2.42. The van der Waals surface area contributed by atoms with E-state index < -0.39 is 5.97 Å². The number of thiazole rings is 1. The van der Waals surface area contributed by atoms with Gasteiger partial charge in [0.15, 0.2) is 3.92 Å². The van der Waals surface area contributed by atoms with E-state index in [1.807, 2.05) is 0 Å². The van der Waals surface area contributed by atoms with Gasteiger partial charge in [-0.25, -0.2) is 9.78 Å². The fourth-order valence-electron chi connectivity index (χ4n) is 1.03. The summed E-state index contributed by atoms with van der Waals surface area (Å²) in [5.41, 5.74) is 0.988. The maximum Gasteiger partial charge on any atom is 0.335 e. The molecule has 1 aromatic heterocycles. The van der Waals surface area contributed by atoms with Gasteiger partial charge in [0.25, 0.3) is 0 Å². The van der Waals surface area contributed by atoms with Crippen molar-refractivity contribution < 1.29 is 9.90 Å². The minimum atomic E-state index is -0.925. The number of nitrogens with zero attached hydrogens (tertiary/aromatic N) is 1. The van der Waals surface area contributed by atoms with Crippen LogP contribution in [0.2, 0.25) is 0 Å². The van der Waals surface area contributed by atoms with Crippen molar-refractivity contribution in [2.45, 2.75) is 0 Å². The van der Waals surface area contributed by atoms with Crippen molar-refractivity contribution in [1.82, 2.24) is 4.98 Å². The van der Waals surface area contributed by atoms with Gasteiger partial charge in [0.05, 0.1) is 15.8 Å². The van der Waals surface area contributed by atoms with Gasteiger partial charge in [0.2, 0.25) is 0 Å². The van der Waals surface area contributed by atoms with Crippen molar-refractivity contribution in [2.75, 3.05) is 0 Å². The Bertz CT molecular complexity index is 480. The predicted molar refractivity (Wildman–Crippen MR) is 54.3 cm³/mol. The van der Waals surface area contributed by atoms with Gasteiger partial charge >= 0.3 is 5.97 Å². The Morgan fingerprint density at radius 1 is 1.54 bits per heavy atom. The highest BCUT2D eigenvalue weighted by molar-refractivity contribution is 9.11. The molecule has 0 aliphatic carbocycles. The second-order valence-electron chi connectivity index (χ2n) is 2.45. The first-order chi connectivity index (χ1) is 6.16. The van der Waals surface area contributed by atoms with Gasteiger partial charge < -0.3 is 5.11 Å². The van der Waals surface area contributed by atoms with E-state index in [9.17, 15) is 4.79 Å². The van der Waals surface area contributed by atoms with Gasteiger partial charge in [-0.05, 0) is 34.1 Å². The highest BCUT2D eigenvalue weighted by Gasteiger charge is 2.06. The zero-order valence-electron chi connectivity index (χ0n) is 6.32. The standard InChI is InChI=1S/C8H4BrNO2S/c9-8-10-5-3-4(7(11)12)1-2-6(5)13-8/h1-3H,(H,11,12). The van der Waals surface area contributed by atoms with Gasteiger partial charge in [-0.2, -0.15) is 0 Å². The molecule has 0 saturated carbocycles. The van der Waals surface area contributed by atoms with Crippen LogP contribution in [0.15, 0.2) is 22.1 Å². The molecule has 5 heteroatoms. The van der Waals surface area contributed by atoms with E-state index >= 15 is 0 Å². The van der Waals surface area contributed by atoms with Gasteiger partial charge in [-0.1, -0.05) is 0 Å². The van der Waals surface area contributed by atoms with Crippen LogP contribution in [0.5, 0.6) is 0 Å². The molecule has 1 heterocycles. The number of aromatic nitrogens is 1. The molecule has 0 spiro atoms. The number of fused-ring (bicyclic) bond motifs is 1. The number of halogens is 1. The Labute approximate surface area is 86.2 Å². The lowest BCUT2D eigenvalue weighted by atomic mass is 10.2. The predicted octanol–water partition coefficient (Wildman–Crippen LogP) is 2.76. The molecule has 13 heavy (non-hydrogen) atoms. The Morgan fingerprint density at radius 3 is 3.00 bits per heavy atom. The quantitative estimate of drug-likeness (QED) is 0.855. The summed E-state index contributed by atoms with van der Waals surface area (Å²) in [5.74, 6) is -0.925. The molecule has 66 valence electrons. The molecule has 0 aliphatic rings. The highest BCUT2D eigenvalue weighted by Crippen LogP contribution is 2.26. The van der Waals surface area contributed by atoms with E-state index in [0.29, 0.717) is 0 Å². The number of hydrogen-bond acceptors (Lipinski definition) is 3. The Kier molecular flexibility index (Phi) is 2.05. The summed E-state index contributed by atoms with van der Waals surface area (Å²) >= 11 is 4.73. The molecule has 1 N–H and O–H groups in total. The van der Waals surface area contributed by atoms with Crippen LogP contribution in [-0.4, -0.2) is 16.1 Å². The first-order valence-corrected chi connectivity index (χ1v) is 5.07. The molecule has 1 aromatic carbocycles. The zero-order valence-corrected chi connectivity index (χ0v) is 8.72. The normalized spacial score (nSPS) is 10.5. The third-order valence-corrected chi connectivity index (χ3v) is 3.10. The zero-order chi connectivity index (χ0) is 9.42.